The first-order chi connectivity index (χ1) is 6.10. The second-order valence-corrected chi connectivity index (χ2v) is 2.64. The molecule has 1 radical (unpaired) electrons. The van der Waals surface area contributed by atoms with Gasteiger partial charge in [0.15, 0.2) is 6.10 Å². The molecule has 0 N–H and O–H groups in total. The van der Waals surface area contributed by atoms with Crippen molar-refractivity contribution in [3.63, 3.8) is 0 Å². The van der Waals surface area contributed by atoms with Crippen LogP contribution in [0.25, 0.3) is 0 Å². The average molecular weight is 228 g/mol. The predicted molar refractivity (Wildman–Crippen MR) is 47.4 cm³/mol. The van der Waals surface area contributed by atoms with E-state index in [2.05, 4.69) is 9.47 Å². The lowest BCUT2D eigenvalue weighted by molar-refractivity contribution is -0.147. The first kappa shape index (κ1) is 12.5. The Bertz CT molecular complexity index is 183. The number of rotatable bonds is 5. The van der Waals surface area contributed by atoms with E-state index in [-0.39, 0.29) is 24.5 Å². The SMILES string of the molecule is C[C](COC(=O)CCl)OC(=O)CCl. The highest BCUT2D eigenvalue weighted by Crippen LogP contribution is 2.03. The summed E-state index contributed by atoms with van der Waals surface area (Å²) in [5.41, 5.74) is 0. The Balaban J connectivity index is 3.56. The molecule has 0 fully saturated rings. The van der Waals surface area contributed by atoms with Crippen LogP contribution in [-0.2, 0) is 19.1 Å². The van der Waals surface area contributed by atoms with E-state index in [0.717, 1.165) is 0 Å². The quantitative estimate of drug-likeness (QED) is 0.522. The van der Waals surface area contributed by atoms with E-state index in [1.54, 1.807) is 0 Å². The Labute approximate surface area is 86.1 Å². The van der Waals surface area contributed by atoms with Crippen LogP contribution in [0.3, 0.4) is 0 Å². The van der Waals surface area contributed by atoms with E-state index in [1.165, 1.54) is 6.92 Å². The Morgan fingerprint density at radius 3 is 2.15 bits per heavy atom. The number of ether oxygens (including phenoxy) is 2. The van der Waals surface area contributed by atoms with E-state index < -0.39 is 11.9 Å². The summed E-state index contributed by atoms with van der Waals surface area (Å²) in [6, 6.07) is 0. The van der Waals surface area contributed by atoms with Crippen LogP contribution in [0.5, 0.6) is 0 Å². The van der Waals surface area contributed by atoms with Crippen molar-refractivity contribution in [2.75, 3.05) is 18.4 Å². The monoisotopic (exact) mass is 227 g/mol. The van der Waals surface area contributed by atoms with Crippen molar-refractivity contribution in [1.82, 2.24) is 0 Å². The van der Waals surface area contributed by atoms with Crippen LogP contribution in [0.1, 0.15) is 6.92 Å². The third kappa shape index (κ3) is 6.66. The van der Waals surface area contributed by atoms with Crippen molar-refractivity contribution >= 4 is 35.1 Å². The van der Waals surface area contributed by atoms with Crippen molar-refractivity contribution in [3.05, 3.63) is 6.10 Å². The lowest BCUT2D eigenvalue weighted by atomic mass is 10.4. The molecule has 0 rings (SSSR count). The largest absolute Gasteiger partial charge is 0.460 e. The Morgan fingerprint density at radius 1 is 1.15 bits per heavy atom. The van der Waals surface area contributed by atoms with Crippen molar-refractivity contribution in [2.45, 2.75) is 6.92 Å². The number of alkyl halides is 2. The van der Waals surface area contributed by atoms with E-state index in [9.17, 15) is 9.59 Å². The van der Waals surface area contributed by atoms with Gasteiger partial charge in [0, 0.05) is 0 Å². The van der Waals surface area contributed by atoms with E-state index >= 15 is 0 Å². The van der Waals surface area contributed by atoms with Gasteiger partial charge in [0.25, 0.3) is 0 Å². The van der Waals surface area contributed by atoms with Gasteiger partial charge < -0.3 is 9.47 Å². The minimum Gasteiger partial charge on any atom is -0.460 e. The topological polar surface area (TPSA) is 52.6 Å². The van der Waals surface area contributed by atoms with Crippen molar-refractivity contribution in [3.8, 4) is 0 Å². The fourth-order valence-corrected chi connectivity index (χ4v) is 0.603. The number of hydrogen-bond acceptors (Lipinski definition) is 4. The van der Waals surface area contributed by atoms with E-state index in [4.69, 9.17) is 23.2 Å². The lowest BCUT2D eigenvalue weighted by Crippen LogP contribution is -2.17. The highest BCUT2D eigenvalue weighted by atomic mass is 35.5. The van der Waals surface area contributed by atoms with Crippen LogP contribution in [0.4, 0.5) is 0 Å². The van der Waals surface area contributed by atoms with Crippen LogP contribution in [0.15, 0.2) is 0 Å². The maximum absolute atomic E-state index is 10.6. The van der Waals surface area contributed by atoms with Gasteiger partial charge in [0.2, 0.25) is 0 Å². The van der Waals surface area contributed by atoms with Crippen molar-refractivity contribution < 1.29 is 19.1 Å². The summed E-state index contributed by atoms with van der Waals surface area (Å²) < 4.78 is 9.19. The minimum absolute atomic E-state index is 0.0891. The van der Waals surface area contributed by atoms with Gasteiger partial charge in [-0.25, -0.2) is 0 Å². The zero-order chi connectivity index (χ0) is 10.3. The summed E-state index contributed by atoms with van der Waals surface area (Å²) in [6.07, 6.45) is 0.268. The molecular weight excluding hydrogens is 219 g/mol. The Kier molecular flexibility index (Phi) is 6.72. The molecule has 0 spiro atoms. The van der Waals surface area contributed by atoms with Crippen LogP contribution < -0.4 is 0 Å². The molecule has 0 aromatic heterocycles. The fraction of sp³-hybridized carbons (Fsp3) is 0.571. The molecule has 4 nitrogen and oxygen atoms in total. The second-order valence-electron chi connectivity index (χ2n) is 2.10. The number of hydrogen-bond donors (Lipinski definition) is 0. The summed E-state index contributed by atoms with van der Waals surface area (Å²) in [6.45, 7) is 1.42. The summed E-state index contributed by atoms with van der Waals surface area (Å²) in [5, 5.41) is 0. The van der Waals surface area contributed by atoms with Gasteiger partial charge in [-0.05, 0) is 6.92 Å². The molecule has 6 heteroatoms. The molecule has 0 heterocycles. The Morgan fingerprint density at radius 2 is 1.69 bits per heavy atom. The number of carbonyl (C=O) groups is 2. The molecule has 0 saturated carbocycles. The molecule has 75 valence electrons. The third-order valence-electron chi connectivity index (χ3n) is 0.943. The predicted octanol–water partition coefficient (Wildman–Crippen LogP) is 1.10. The van der Waals surface area contributed by atoms with E-state index in [1.807, 2.05) is 0 Å². The summed E-state index contributed by atoms with van der Waals surface area (Å²) in [4.78, 5) is 21.1. The molecule has 0 aliphatic heterocycles. The minimum atomic E-state index is -0.582. The van der Waals surface area contributed by atoms with Gasteiger partial charge in [-0.1, -0.05) is 0 Å². The molecule has 0 unspecified atom stereocenters. The smallest absolute Gasteiger partial charge is 0.321 e. The van der Waals surface area contributed by atoms with Crippen molar-refractivity contribution in [2.24, 2.45) is 0 Å². The molecule has 0 aliphatic rings. The number of esters is 2. The van der Waals surface area contributed by atoms with Gasteiger partial charge in [-0.3, -0.25) is 9.59 Å². The summed E-state index contributed by atoms with van der Waals surface area (Å²) in [7, 11) is 0. The van der Waals surface area contributed by atoms with Crippen LogP contribution in [0, 0.1) is 6.10 Å². The zero-order valence-corrected chi connectivity index (χ0v) is 8.52. The molecule has 0 amide bonds. The molecule has 0 atom stereocenters. The Hall–Kier alpha value is -0.480. The number of carbonyl (C=O) groups excluding carboxylic acids is 2. The average Bonchev–Trinajstić information content (AvgIpc) is 2.13. The molecule has 0 bridgehead atoms. The van der Waals surface area contributed by atoms with Gasteiger partial charge in [0.05, 0.1) is 0 Å². The molecule has 0 aromatic rings. The molecule has 0 aromatic carbocycles. The fourth-order valence-electron chi connectivity index (χ4n) is 0.472. The molecule has 0 saturated heterocycles. The highest BCUT2D eigenvalue weighted by molar-refractivity contribution is 6.26. The van der Waals surface area contributed by atoms with E-state index in [0.29, 0.717) is 0 Å². The standard InChI is InChI=1S/C7H9Cl2O4/c1-5(13-7(11)3-9)4-12-6(10)2-8/h2-4H2,1H3. The van der Waals surface area contributed by atoms with Crippen LogP contribution in [-0.4, -0.2) is 30.3 Å². The first-order valence-electron chi connectivity index (χ1n) is 3.40. The van der Waals surface area contributed by atoms with Crippen LogP contribution in [0.2, 0.25) is 0 Å². The normalized spacial score (nSPS) is 9.85. The molecule has 0 aliphatic carbocycles. The van der Waals surface area contributed by atoms with Crippen molar-refractivity contribution in [1.29, 1.82) is 0 Å². The van der Waals surface area contributed by atoms with Gasteiger partial charge >= 0.3 is 11.9 Å². The maximum Gasteiger partial charge on any atom is 0.321 e. The number of halogens is 2. The summed E-state index contributed by atoms with van der Waals surface area (Å²) in [5.74, 6) is -1.61. The maximum atomic E-state index is 10.6. The zero-order valence-electron chi connectivity index (χ0n) is 7.01. The first-order valence-corrected chi connectivity index (χ1v) is 4.47. The highest BCUT2D eigenvalue weighted by Gasteiger charge is 2.11. The van der Waals surface area contributed by atoms with Gasteiger partial charge in [-0.15, -0.1) is 23.2 Å². The molecular formula is C7H9Cl2O4. The lowest BCUT2D eigenvalue weighted by Gasteiger charge is -2.10. The summed E-state index contributed by atoms with van der Waals surface area (Å²) >= 11 is 10.3. The second kappa shape index (κ2) is 6.97. The van der Waals surface area contributed by atoms with Crippen LogP contribution >= 0.6 is 23.2 Å². The third-order valence-corrected chi connectivity index (χ3v) is 1.38. The van der Waals surface area contributed by atoms with Gasteiger partial charge in [-0.2, -0.15) is 0 Å². The van der Waals surface area contributed by atoms with Gasteiger partial charge in [0.1, 0.15) is 18.4 Å². The molecule has 13 heavy (non-hydrogen) atoms.